The molecule has 1 heterocycles. The monoisotopic (exact) mass is 340 g/mol. The Morgan fingerprint density at radius 1 is 1.30 bits per heavy atom. The number of aliphatic imine (C=N–C) groups is 1. The predicted molar refractivity (Wildman–Crippen MR) is 91.4 cm³/mol. The normalized spacial score (nSPS) is 17.5. The van der Waals surface area contributed by atoms with Gasteiger partial charge in [0.2, 0.25) is 10.0 Å². The molecule has 7 nitrogen and oxygen atoms in total. The van der Waals surface area contributed by atoms with E-state index in [1.54, 1.807) is 7.05 Å². The zero-order valence-corrected chi connectivity index (χ0v) is 14.3. The van der Waals surface area contributed by atoms with E-state index in [1.165, 1.54) is 5.56 Å². The van der Waals surface area contributed by atoms with Gasteiger partial charge in [-0.1, -0.05) is 18.2 Å². The molecule has 1 aliphatic rings. The van der Waals surface area contributed by atoms with Crippen LogP contribution in [0.25, 0.3) is 0 Å². The third kappa shape index (κ3) is 6.07. The highest BCUT2D eigenvalue weighted by atomic mass is 32.2. The van der Waals surface area contributed by atoms with Crippen molar-refractivity contribution in [3.63, 3.8) is 0 Å². The van der Waals surface area contributed by atoms with Gasteiger partial charge in [-0.3, -0.25) is 4.99 Å². The second-order valence-electron chi connectivity index (χ2n) is 5.45. The van der Waals surface area contributed by atoms with Crippen LogP contribution in [-0.4, -0.2) is 53.4 Å². The number of sulfonamides is 1. The maximum Gasteiger partial charge on any atom is 0.208 e. The molecule has 0 saturated carbocycles. The number of nitrogens with one attached hydrogen (secondary N) is 3. The molecule has 1 unspecified atom stereocenters. The Hall–Kier alpha value is -1.80. The van der Waals surface area contributed by atoms with Crippen LogP contribution >= 0.6 is 0 Å². The van der Waals surface area contributed by atoms with E-state index < -0.39 is 10.0 Å². The lowest BCUT2D eigenvalue weighted by Gasteiger charge is -2.15. The van der Waals surface area contributed by atoms with Crippen LogP contribution in [0.3, 0.4) is 0 Å². The van der Waals surface area contributed by atoms with Crippen LogP contribution in [0, 0.1) is 0 Å². The lowest BCUT2D eigenvalue weighted by molar-refractivity contribution is 0.235. The summed E-state index contributed by atoms with van der Waals surface area (Å²) in [4.78, 5) is 4.14. The molecule has 0 bridgehead atoms. The third-order valence-electron chi connectivity index (χ3n) is 3.44. The summed E-state index contributed by atoms with van der Waals surface area (Å²) in [5, 5.41) is 6.38. The maximum absolute atomic E-state index is 10.9. The van der Waals surface area contributed by atoms with Gasteiger partial charge in [0.15, 0.2) is 5.96 Å². The Kier molecular flexibility index (Phi) is 6.23. The molecule has 128 valence electrons. The van der Waals surface area contributed by atoms with Crippen LogP contribution in [0.2, 0.25) is 0 Å². The zero-order chi connectivity index (χ0) is 16.7. The minimum atomic E-state index is -3.12. The molecule has 23 heavy (non-hydrogen) atoms. The van der Waals surface area contributed by atoms with Gasteiger partial charge in [0, 0.05) is 26.6 Å². The molecule has 1 atom stereocenters. The summed E-state index contributed by atoms with van der Waals surface area (Å²) in [5.74, 6) is 1.64. The Labute approximate surface area is 137 Å². The van der Waals surface area contributed by atoms with Crippen molar-refractivity contribution in [1.82, 2.24) is 15.4 Å². The molecule has 0 radical (unpaired) electrons. The molecule has 0 aliphatic carbocycles. The first-order valence-electron chi connectivity index (χ1n) is 7.61. The molecule has 8 heteroatoms. The van der Waals surface area contributed by atoms with Crippen molar-refractivity contribution in [3.8, 4) is 5.75 Å². The topological polar surface area (TPSA) is 91.8 Å². The Morgan fingerprint density at radius 2 is 2.09 bits per heavy atom. The number of hydrogen-bond acceptors (Lipinski definition) is 4. The minimum Gasteiger partial charge on any atom is -0.488 e. The van der Waals surface area contributed by atoms with Crippen molar-refractivity contribution < 1.29 is 13.2 Å². The van der Waals surface area contributed by atoms with E-state index in [0.717, 1.165) is 18.4 Å². The number of nitrogens with zero attached hydrogens (tertiary/aromatic N) is 1. The number of ether oxygens (including phenoxy) is 1. The van der Waals surface area contributed by atoms with Gasteiger partial charge in [-0.15, -0.1) is 0 Å². The number of guanidine groups is 1. The Balaban J connectivity index is 1.64. The van der Waals surface area contributed by atoms with E-state index in [-0.39, 0.29) is 6.10 Å². The molecule has 0 saturated heterocycles. The first-order valence-corrected chi connectivity index (χ1v) is 9.51. The smallest absolute Gasteiger partial charge is 0.208 e. The number of rotatable bonds is 7. The van der Waals surface area contributed by atoms with E-state index in [4.69, 9.17) is 4.74 Å². The second-order valence-corrected chi connectivity index (χ2v) is 7.28. The fraction of sp³-hybridized carbons (Fsp3) is 0.533. The van der Waals surface area contributed by atoms with Gasteiger partial charge >= 0.3 is 0 Å². The molecule has 1 aromatic rings. The lowest BCUT2D eigenvalue weighted by Crippen LogP contribution is -2.43. The molecule has 0 spiro atoms. The number of benzene rings is 1. The van der Waals surface area contributed by atoms with E-state index in [9.17, 15) is 8.42 Å². The fourth-order valence-corrected chi connectivity index (χ4v) is 2.87. The van der Waals surface area contributed by atoms with Crippen LogP contribution < -0.4 is 20.1 Å². The standard InChI is InChI=1S/C15H24N4O3S/c1-16-15(17-8-5-9-19-23(2,20)21)18-11-13-10-12-6-3-4-7-14(12)22-13/h3-4,6-7,13,19H,5,8-11H2,1-2H3,(H2,16,17,18). The molecule has 2 rings (SSSR count). The predicted octanol–water partition coefficient (Wildman–Crippen LogP) is 0.0944. The molecule has 0 fully saturated rings. The van der Waals surface area contributed by atoms with E-state index in [2.05, 4.69) is 26.4 Å². The van der Waals surface area contributed by atoms with Crippen molar-refractivity contribution in [2.24, 2.45) is 4.99 Å². The Bertz CT molecular complexity index is 621. The van der Waals surface area contributed by atoms with Gasteiger partial charge in [-0.25, -0.2) is 13.1 Å². The van der Waals surface area contributed by atoms with Crippen LogP contribution in [0.5, 0.6) is 5.75 Å². The van der Waals surface area contributed by atoms with Gasteiger partial charge in [0.25, 0.3) is 0 Å². The van der Waals surface area contributed by atoms with Gasteiger partial charge in [-0.05, 0) is 18.1 Å². The summed E-state index contributed by atoms with van der Waals surface area (Å²) in [7, 11) is -1.42. The molecular formula is C15H24N4O3S. The summed E-state index contributed by atoms with van der Waals surface area (Å²) in [5.41, 5.74) is 1.23. The maximum atomic E-state index is 10.9. The minimum absolute atomic E-state index is 0.0952. The van der Waals surface area contributed by atoms with Crippen molar-refractivity contribution in [3.05, 3.63) is 29.8 Å². The molecule has 1 aromatic carbocycles. The SMILES string of the molecule is CN=C(NCCCNS(C)(=O)=O)NCC1Cc2ccccc2O1. The summed E-state index contributed by atoms with van der Waals surface area (Å²) < 4.78 is 30.2. The quantitative estimate of drug-likeness (QED) is 0.372. The average Bonchev–Trinajstić information content (AvgIpc) is 2.91. The number of hydrogen-bond donors (Lipinski definition) is 3. The van der Waals surface area contributed by atoms with E-state index in [1.807, 2.05) is 18.2 Å². The van der Waals surface area contributed by atoms with Crippen LogP contribution in [0.4, 0.5) is 0 Å². The van der Waals surface area contributed by atoms with Crippen molar-refractivity contribution in [1.29, 1.82) is 0 Å². The van der Waals surface area contributed by atoms with Gasteiger partial charge in [0.05, 0.1) is 12.8 Å². The molecule has 3 N–H and O–H groups in total. The lowest BCUT2D eigenvalue weighted by atomic mass is 10.1. The third-order valence-corrected chi connectivity index (χ3v) is 4.17. The number of fused-ring (bicyclic) bond motifs is 1. The summed E-state index contributed by atoms with van der Waals surface area (Å²) in [6.07, 6.45) is 2.82. The number of para-hydroxylation sites is 1. The first-order chi connectivity index (χ1) is 11.0. The van der Waals surface area contributed by atoms with Crippen LogP contribution in [0.15, 0.2) is 29.3 Å². The second kappa shape index (κ2) is 8.16. The summed E-state index contributed by atoms with van der Waals surface area (Å²) >= 11 is 0. The Morgan fingerprint density at radius 3 is 2.78 bits per heavy atom. The zero-order valence-electron chi connectivity index (χ0n) is 13.5. The van der Waals surface area contributed by atoms with E-state index >= 15 is 0 Å². The highest BCUT2D eigenvalue weighted by Gasteiger charge is 2.22. The fourth-order valence-electron chi connectivity index (χ4n) is 2.35. The van der Waals surface area contributed by atoms with Gasteiger partial charge < -0.3 is 15.4 Å². The van der Waals surface area contributed by atoms with Gasteiger partial charge in [-0.2, -0.15) is 0 Å². The molecule has 0 aromatic heterocycles. The summed E-state index contributed by atoms with van der Waals surface area (Å²) in [6, 6.07) is 8.05. The average molecular weight is 340 g/mol. The van der Waals surface area contributed by atoms with E-state index in [0.29, 0.717) is 32.0 Å². The van der Waals surface area contributed by atoms with Crippen LogP contribution in [0.1, 0.15) is 12.0 Å². The first kappa shape index (κ1) is 17.6. The molecule has 0 amide bonds. The van der Waals surface area contributed by atoms with Crippen molar-refractivity contribution in [2.45, 2.75) is 18.9 Å². The summed E-state index contributed by atoms with van der Waals surface area (Å²) in [6.45, 7) is 1.70. The molecular weight excluding hydrogens is 316 g/mol. The largest absolute Gasteiger partial charge is 0.488 e. The van der Waals surface area contributed by atoms with Gasteiger partial charge in [0.1, 0.15) is 11.9 Å². The highest BCUT2D eigenvalue weighted by Crippen LogP contribution is 2.27. The highest BCUT2D eigenvalue weighted by molar-refractivity contribution is 7.88. The molecule has 1 aliphatic heterocycles. The van der Waals surface area contributed by atoms with Crippen molar-refractivity contribution >= 4 is 16.0 Å². The van der Waals surface area contributed by atoms with Crippen molar-refractivity contribution in [2.75, 3.05) is 32.9 Å². The van der Waals surface area contributed by atoms with Crippen LogP contribution in [-0.2, 0) is 16.4 Å².